The molecule has 0 aliphatic rings. The van der Waals surface area contributed by atoms with Crippen LogP contribution in [0.15, 0.2) is 54.7 Å². The molecule has 0 saturated heterocycles. The van der Waals surface area contributed by atoms with Crippen molar-refractivity contribution in [2.24, 2.45) is 0 Å². The Morgan fingerprint density at radius 2 is 1.78 bits per heavy atom. The molecule has 0 aliphatic heterocycles. The molecule has 3 aromatic rings. The molecule has 2 nitrogen and oxygen atoms in total. The molecule has 0 unspecified atom stereocenters. The smallest absolute Gasteiger partial charge is 0.123 e. The third-order valence-electron chi connectivity index (χ3n) is 3.00. The predicted octanol–water partition coefficient (Wildman–Crippen LogP) is 3.42. The number of hydrogen-bond donors (Lipinski definition) is 0. The largest absolute Gasteiger partial charge is 0.271 e. The number of halogens is 1. The first-order chi connectivity index (χ1) is 8.81. The summed E-state index contributed by atoms with van der Waals surface area (Å²) in [5, 5.41) is 5.64. The molecule has 2 aromatic carbocycles. The molecular weight excluding hydrogens is 227 g/mol. The van der Waals surface area contributed by atoms with Gasteiger partial charge in [0.25, 0.3) is 0 Å². The minimum Gasteiger partial charge on any atom is -0.271 e. The summed E-state index contributed by atoms with van der Waals surface area (Å²) in [5.74, 6) is -0.191. The van der Waals surface area contributed by atoms with Gasteiger partial charge in [0.1, 0.15) is 5.82 Å². The van der Waals surface area contributed by atoms with Crippen molar-refractivity contribution < 1.29 is 4.39 Å². The molecule has 0 bridgehead atoms. The van der Waals surface area contributed by atoms with E-state index in [0.29, 0.717) is 0 Å². The monoisotopic (exact) mass is 240 g/mol. The van der Waals surface area contributed by atoms with E-state index < -0.39 is 0 Å². The predicted molar refractivity (Wildman–Crippen MR) is 69.8 cm³/mol. The van der Waals surface area contributed by atoms with E-state index in [4.69, 9.17) is 0 Å². The van der Waals surface area contributed by atoms with Gasteiger partial charge in [-0.15, -0.1) is 0 Å². The van der Waals surface area contributed by atoms with E-state index in [9.17, 15) is 4.39 Å². The van der Waals surface area contributed by atoms with Crippen LogP contribution in [0, 0.1) is 5.82 Å². The van der Waals surface area contributed by atoms with E-state index >= 15 is 0 Å². The first-order valence-corrected chi connectivity index (χ1v) is 5.98. The second-order valence-electron chi connectivity index (χ2n) is 4.33. The second kappa shape index (κ2) is 4.61. The van der Waals surface area contributed by atoms with Gasteiger partial charge in [-0.1, -0.05) is 30.3 Å². The van der Waals surface area contributed by atoms with Crippen molar-refractivity contribution in [1.82, 2.24) is 9.78 Å². The summed E-state index contributed by atoms with van der Waals surface area (Å²) in [6.45, 7) is 0.806. The fraction of sp³-hybridized carbons (Fsp3) is 0.133. The van der Waals surface area contributed by atoms with Gasteiger partial charge in [-0.2, -0.15) is 5.10 Å². The van der Waals surface area contributed by atoms with Gasteiger partial charge >= 0.3 is 0 Å². The van der Waals surface area contributed by atoms with Crippen LogP contribution in [0.4, 0.5) is 4.39 Å². The maximum absolute atomic E-state index is 12.8. The molecule has 0 saturated carbocycles. The highest BCUT2D eigenvalue weighted by Gasteiger charge is 2.00. The van der Waals surface area contributed by atoms with Crippen LogP contribution in [-0.2, 0) is 13.0 Å². The van der Waals surface area contributed by atoms with Gasteiger partial charge in [-0.25, -0.2) is 4.39 Å². The molecule has 1 aromatic heterocycles. The van der Waals surface area contributed by atoms with Crippen molar-refractivity contribution in [2.75, 3.05) is 0 Å². The Kier molecular flexibility index (Phi) is 2.81. The van der Waals surface area contributed by atoms with Crippen molar-refractivity contribution in [1.29, 1.82) is 0 Å². The molecule has 3 rings (SSSR count). The van der Waals surface area contributed by atoms with Crippen molar-refractivity contribution in [3.8, 4) is 0 Å². The minimum absolute atomic E-state index is 0.191. The molecule has 1 heterocycles. The molecule has 0 aliphatic carbocycles. The highest BCUT2D eigenvalue weighted by Crippen LogP contribution is 2.11. The van der Waals surface area contributed by atoms with Crippen LogP contribution < -0.4 is 0 Å². The second-order valence-corrected chi connectivity index (χ2v) is 4.33. The summed E-state index contributed by atoms with van der Waals surface area (Å²) in [7, 11) is 0. The summed E-state index contributed by atoms with van der Waals surface area (Å²) in [6.07, 6.45) is 2.90. The number of aromatic nitrogens is 2. The van der Waals surface area contributed by atoms with Crippen molar-refractivity contribution in [2.45, 2.75) is 13.0 Å². The fourth-order valence-electron chi connectivity index (χ4n) is 2.02. The Morgan fingerprint density at radius 3 is 2.56 bits per heavy atom. The van der Waals surface area contributed by atoms with Gasteiger partial charge < -0.3 is 0 Å². The van der Waals surface area contributed by atoms with E-state index in [0.717, 1.165) is 29.4 Å². The Balaban J connectivity index is 1.74. The lowest BCUT2D eigenvalue weighted by atomic mass is 10.1. The summed E-state index contributed by atoms with van der Waals surface area (Å²) in [5.41, 5.74) is 2.13. The van der Waals surface area contributed by atoms with Crippen LogP contribution in [0.25, 0.3) is 10.9 Å². The minimum atomic E-state index is -0.191. The van der Waals surface area contributed by atoms with E-state index in [1.807, 2.05) is 41.2 Å². The molecule has 0 fully saturated rings. The van der Waals surface area contributed by atoms with Crippen LogP contribution in [0.3, 0.4) is 0 Å². The Bertz CT molecular complexity index is 623. The number of fused-ring (bicyclic) bond motifs is 1. The zero-order valence-electron chi connectivity index (χ0n) is 9.88. The molecule has 3 heteroatoms. The Labute approximate surface area is 105 Å². The van der Waals surface area contributed by atoms with Crippen molar-refractivity contribution in [3.05, 3.63) is 66.1 Å². The van der Waals surface area contributed by atoms with Gasteiger partial charge in [0.05, 0.1) is 5.52 Å². The van der Waals surface area contributed by atoms with Crippen LogP contribution in [-0.4, -0.2) is 9.78 Å². The first-order valence-electron chi connectivity index (χ1n) is 5.98. The highest BCUT2D eigenvalue weighted by molar-refractivity contribution is 5.77. The molecule has 0 radical (unpaired) electrons. The summed E-state index contributed by atoms with van der Waals surface area (Å²) in [4.78, 5) is 0. The molecule has 90 valence electrons. The molecule has 0 atom stereocenters. The number of rotatable bonds is 3. The first kappa shape index (κ1) is 11.0. The van der Waals surface area contributed by atoms with Gasteiger partial charge in [-0.3, -0.25) is 4.68 Å². The zero-order valence-corrected chi connectivity index (χ0v) is 9.88. The maximum atomic E-state index is 12.8. The maximum Gasteiger partial charge on any atom is 0.123 e. The van der Waals surface area contributed by atoms with E-state index in [1.165, 1.54) is 12.1 Å². The zero-order chi connectivity index (χ0) is 12.4. The Hall–Kier alpha value is -2.16. The van der Waals surface area contributed by atoms with Gasteiger partial charge in [0.2, 0.25) is 0 Å². The third-order valence-corrected chi connectivity index (χ3v) is 3.00. The SMILES string of the molecule is Fc1ccc(CCn2cc3ccccc3n2)cc1. The van der Waals surface area contributed by atoms with Gasteiger partial charge in [0.15, 0.2) is 0 Å². The third kappa shape index (κ3) is 2.25. The standard InChI is InChI=1S/C15H13FN2/c16-14-7-5-12(6-8-14)9-10-18-11-13-3-1-2-4-15(13)17-18/h1-8,11H,9-10H2. The lowest BCUT2D eigenvalue weighted by molar-refractivity contribution is 0.613. The van der Waals surface area contributed by atoms with Crippen molar-refractivity contribution >= 4 is 10.9 Å². The normalized spacial score (nSPS) is 10.9. The number of benzene rings is 2. The lowest BCUT2D eigenvalue weighted by Gasteiger charge is -2.01. The average molecular weight is 240 g/mol. The van der Waals surface area contributed by atoms with E-state index in [1.54, 1.807) is 0 Å². The van der Waals surface area contributed by atoms with Gasteiger partial charge in [0, 0.05) is 18.1 Å². The lowest BCUT2D eigenvalue weighted by Crippen LogP contribution is -2.01. The van der Waals surface area contributed by atoms with E-state index in [2.05, 4.69) is 11.2 Å². The molecule has 0 spiro atoms. The quantitative estimate of drug-likeness (QED) is 0.686. The Morgan fingerprint density at radius 1 is 1.00 bits per heavy atom. The molecule has 18 heavy (non-hydrogen) atoms. The molecule has 0 amide bonds. The number of nitrogens with zero attached hydrogens (tertiary/aromatic N) is 2. The highest BCUT2D eigenvalue weighted by atomic mass is 19.1. The summed E-state index contributed by atoms with van der Waals surface area (Å²) < 4.78 is 14.7. The van der Waals surface area contributed by atoms with Crippen LogP contribution in [0.2, 0.25) is 0 Å². The van der Waals surface area contributed by atoms with Crippen LogP contribution in [0.5, 0.6) is 0 Å². The topological polar surface area (TPSA) is 17.8 Å². The fourth-order valence-corrected chi connectivity index (χ4v) is 2.02. The number of hydrogen-bond acceptors (Lipinski definition) is 1. The van der Waals surface area contributed by atoms with Gasteiger partial charge in [-0.05, 0) is 30.2 Å². The summed E-state index contributed by atoms with van der Waals surface area (Å²) in [6, 6.07) is 14.7. The van der Waals surface area contributed by atoms with Crippen LogP contribution >= 0.6 is 0 Å². The van der Waals surface area contributed by atoms with E-state index in [-0.39, 0.29) is 5.82 Å². The average Bonchev–Trinajstić information content (AvgIpc) is 2.81. The summed E-state index contributed by atoms with van der Waals surface area (Å²) >= 11 is 0. The molecular formula is C15H13FN2. The van der Waals surface area contributed by atoms with Crippen LogP contribution in [0.1, 0.15) is 5.56 Å². The number of aryl methyl sites for hydroxylation is 2. The van der Waals surface area contributed by atoms with Crippen molar-refractivity contribution in [3.63, 3.8) is 0 Å². The molecule has 0 N–H and O–H groups in total.